The number of anilines is 2. The van der Waals surface area contributed by atoms with Crippen molar-refractivity contribution in [3.05, 3.63) is 53.1 Å². The zero-order valence-corrected chi connectivity index (χ0v) is 15.9. The lowest BCUT2D eigenvalue weighted by Gasteiger charge is -2.16. The molecule has 7 nitrogen and oxygen atoms in total. The van der Waals surface area contributed by atoms with Crippen LogP contribution in [0.25, 0.3) is 0 Å². The Hall–Kier alpha value is -3.06. The van der Waals surface area contributed by atoms with Gasteiger partial charge >= 0.3 is 5.97 Å². The SMILES string of the molecule is Cc1ccc(NC(=O)COc2ccc(N3C[C@@H](C(=O)O)CC3=O)cc2)cc1Cl. The lowest BCUT2D eigenvalue weighted by atomic mass is 10.1. The maximum absolute atomic E-state index is 12.0. The summed E-state index contributed by atoms with van der Waals surface area (Å²) in [6.45, 7) is 1.84. The second-order valence-electron chi connectivity index (χ2n) is 6.54. The van der Waals surface area contributed by atoms with Crippen molar-refractivity contribution in [3.8, 4) is 5.75 Å². The Kier molecular flexibility index (Phi) is 5.84. The molecule has 1 aliphatic rings. The molecule has 0 aromatic heterocycles. The number of hydrogen-bond donors (Lipinski definition) is 2. The van der Waals surface area contributed by atoms with E-state index >= 15 is 0 Å². The van der Waals surface area contributed by atoms with Crippen LogP contribution in [0.1, 0.15) is 12.0 Å². The first kappa shape index (κ1) is 19.7. The fourth-order valence-corrected chi connectivity index (χ4v) is 3.04. The van der Waals surface area contributed by atoms with E-state index in [1.807, 2.05) is 13.0 Å². The number of aryl methyl sites for hydroxylation is 1. The van der Waals surface area contributed by atoms with Crippen LogP contribution in [0.2, 0.25) is 5.02 Å². The van der Waals surface area contributed by atoms with Crippen molar-refractivity contribution < 1.29 is 24.2 Å². The molecule has 1 fully saturated rings. The number of hydrogen-bond acceptors (Lipinski definition) is 4. The van der Waals surface area contributed by atoms with Crippen LogP contribution < -0.4 is 15.0 Å². The third kappa shape index (κ3) is 4.61. The molecule has 0 saturated carbocycles. The number of nitrogens with zero attached hydrogens (tertiary/aromatic N) is 1. The minimum absolute atomic E-state index is 0.00319. The predicted molar refractivity (Wildman–Crippen MR) is 105 cm³/mol. The van der Waals surface area contributed by atoms with E-state index in [9.17, 15) is 14.4 Å². The maximum atomic E-state index is 12.0. The fourth-order valence-electron chi connectivity index (χ4n) is 2.86. The number of carboxylic acids is 1. The summed E-state index contributed by atoms with van der Waals surface area (Å²) in [6.07, 6.45) is -0.00319. The van der Waals surface area contributed by atoms with Gasteiger partial charge in [-0.1, -0.05) is 17.7 Å². The summed E-state index contributed by atoms with van der Waals surface area (Å²) in [7, 11) is 0. The molecule has 1 saturated heterocycles. The Balaban J connectivity index is 1.54. The summed E-state index contributed by atoms with van der Waals surface area (Å²) in [5.41, 5.74) is 2.10. The molecule has 28 heavy (non-hydrogen) atoms. The monoisotopic (exact) mass is 402 g/mol. The second-order valence-corrected chi connectivity index (χ2v) is 6.95. The smallest absolute Gasteiger partial charge is 0.308 e. The molecule has 1 aliphatic heterocycles. The molecule has 0 spiro atoms. The lowest BCUT2D eigenvalue weighted by Crippen LogP contribution is -2.25. The molecule has 2 amide bonds. The number of carbonyl (C=O) groups excluding carboxylic acids is 2. The van der Waals surface area contributed by atoms with Gasteiger partial charge in [-0.3, -0.25) is 14.4 Å². The van der Waals surface area contributed by atoms with Crippen LogP contribution in [0.15, 0.2) is 42.5 Å². The van der Waals surface area contributed by atoms with Gasteiger partial charge in [0.2, 0.25) is 5.91 Å². The molecule has 2 aromatic carbocycles. The van der Waals surface area contributed by atoms with E-state index in [1.165, 1.54) is 4.90 Å². The van der Waals surface area contributed by atoms with E-state index in [1.54, 1.807) is 36.4 Å². The standard InChI is InChI=1S/C20H19ClN2O5/c1-12-2-3-14(9-17(12)21)22-18(24)11-28-16-6-4-15(5-7-16)23-10-13(20(26)27)8-19(23)25/h2-7,9,13H,8,10-11H2,1H3,(H,22,24)(H,26,27)/t13-/m0/s1. The highest BCUT2D eigenvalue weighted by molar-refractivity contribution is 6.31. The van der Waals surface area contributed by atoms with E-state index in [0.29, 0.717) is 22.1 Å². The summed E-state index contributed by atoms with van der Waals surface area (Å²) >= 11 is 6.03. The van der Waals surface area contributed by atoms with Crippen molar-refractivity contribution in [3.63, 3.8) is 0 Å². The van der Waals surface area contributed by atoms with Gasteiger partial charge in [-0.05, 0) is 48.9 Å². The van der Waals surface area contributed by atoms with E-state index in [-0.39, 0.29) is 31.4 Å². The largest absolute Gasteiger partial charge is 0.484 e. The summed E-state index contributed by atoms with van der Waals surface area (Å²) in [5.74, 6) is -1.76. The third-order valence-electron chi connectivity index (χ3n) is 4.45. The van der Waals surface area contributed by atoms with Crippen molar-refractivity contribution in [2.75, 3.05) is 23.4 Å². The molecule has 1 heterocycles. The molecule has 1 atom stereocenters. The van der Waals surface area contributed by atoms with Gasteiger partial charge in [0.1, 0.15) is 5.75 Å². The van der Waals surface area contributed by atoms with Crippen LogP contribution in [0, 0.1) is 12.8 Å². The molecular formula is C20H19ClN2O5. The van der Waals surface area contributed by atoms with Gasteiger partial charge in [-0.25, -0.2) is 0 Å². The second kappa shape index (κ2) is 8.31. The average molecular weight is 403 g/mol. The van der Waals surface area contributed by atoms with Crippen LogP contribution in [-0.4, -0.2) is 36.0 Å². The number of rotatable bonds is 6. The molecular weight excluding hydrogens is 384 g/mol. The Morgan fingerprint density at radius 3 is 2.57 bits per heavy atom. The predicted octanol–water partition coefficient (Wildman–Crippen LogP) is 3.10. The van der Waals surface area contributed by atoms with E-state index in [4.69, 9.17) is 21.4 Å². The number of nitrogens with one attached hydrogen (secondary N) is 1. The van der Waals surface area contributed by atoms with E-state index in [2.05, 4.69) is 5.32 Å². The van der Waals surface area contributed by atoms with Gasteiger partial charge < -0.3 is 20.1 Å². The van der Waals surface area contributed by atoms with Crippen molar-refractivity contribution in [2.24, 2.45) is 5.92 Å². The van der Waals surface area contributed by atoms with Crippen LogP contribution in [0.3, 0.4) is 0 Å². The van der Waals surface area contributed by atoms with E-state index in [0.717, 1.165) is 5.56 Å². The number of ether oxygens (including phenoxy) is 1. The van der Waals surface area contributed by atoms with Gasteiger partial charge in [0.25, 0.3) is 5.91 Å². The number of aliphatic carboxylic acids is 1. The number of benzene rings is 2. The molecule has 8 heteroatoms. The van der Waals surface area contributed by atoms with Gasteiger partial charge in [0.15, 0.2) is 6.61 Å². The van der Waals surface area contributed by atoms with Crippen molar-refractivity contribution in [1.82, 2.24) is 0 Å². The third-order valence-corrected chi connectivity index (χ3v) is 4.86. The summed E-state index contributed by atoms with van der Waals surface area (Å²) < 4.78 is 5.46. The highest BCUT2D eigenvalue weighted by Gasteiger charge is 2.34. The number of amides is 2. The van der Waals surface area contributed by atoms with E-state index < -0.39 is 11.9 Å². The molecule has 0 aliphatic carbocycles. The minimum atomic E-state index is -0.975. The Bertz CT molecular complexity index is 913. The first-order valence-corrected chi connectivity index (χ1v) is 9.03. The Morgan fingerprint density at radius 2 is 1.96 bits per heavy atom. The maximum Gasteiger partial charge on any atom is 0.308 e. The summed E-state index contributed by atoms with van der Waals surface area (Å²) in [5, 5.41) is 12.3. The zero-order chi connectivity index (χ0) is 20.3. The van der Waals surface area contributed by atoms with Crippen molar-refractivity contribution in [1.29, 1.82) is 0 Å². The Labute approximate surface area is 166 Å². The molecule has 0 radical (unpaired) electrons. The van der Waals surface area contributed by atoms with Crippen LogP contribution in [0.5, 0.6) is 5.75 Å². The first-order valence-electron chi connectivity index (χ1n) is 8.65. The topological polar surface area (TPSA) is 95.9 Å². The Morgan fingerprint density at radius 1 is 1.25 bits per heavy atom. The number of carboxylic acid groups (broad SMARTS) is 1. The highest BCUT2D eigenvalue weighted by Crippen LogP contribution is 2.27. The molecule has 2 aromatic rings. The molecule has 3 rings (SSSR count). The molecule has 0 unspecified atom stereocenters. The molecule has 146 valence electrons. The van der Waals surface area contributed by atoms with Crippen LogP contribution in [0.4, 0.5) is 11.4 Å². The highest BCUT2D eigenvalue weighted by atomic mass is 35.5. The van der Waals surface area contributed by atoms with Gasteiger partial charge in [0, 0.05) is 29.4 Å². The fraction of sp³-hybridized carbons (Fsp3) is 0.250. The number of carbonyl (C=O) groups is 3. The van der Waals surface area contributed by atoms with Gasteiger partial charge in [-0.15, -0.1) is 0 Å². The van der Waals surface area contributed by atoms with Crippen LogP contribution in [-0.2, 0) is 14.4 Å². The normalized spacial score (nSPS) is 16.1. The lowest BCUT2D eigenvalue weighted by molar-refractivity contribution is -0.141. The van der Waals surface area contributed by atoms with Gasteiger partial charge in [-0.2, -0.15) is 0 Å². The quantitative estimate of drug-likeness (QED) is 0.774. The summed E-state index contributed by atoms with van der Waals surface area (Å²) in [4.78, 5) is 36.5. The average Bonchev–Trinajstić information content (AvgIpc) is 3.06. The molecule has 2 N–H and O–H groups in total. The van der Waals surface area contributed by atoms with Crippen molar-refractivity contribution >= 4 is 40.8 Å². The number of halogens is 1. The zero-order valence-electron chi connectivity index (χ0n) is 15.1. The summed E-state index contributed by atoms with van der Waals surface area (Å²) in [6, 6.07) is 11.8. The van der Waals surface area contributed by atoms with Crippen molar-refractivity contribution in [2.45, 2.75) is 13.3 Å². The van der Waals surface area contributed by atoms with Gasteiger partial charge in [0.05, 0.1) is 5.92 Å². The first-order chi connectivity index (χ1) is 13.3. The minimum Gasteiger partial charge on any atom is -0.484 e. The molecule has 0 bridgehead atoms. The van der Waals surface area contributed by atoms with Crippen LogP contribution >= 0.6 is 11.6 Å².